The van der Waals surface area contributed by atoms with Crippen molar-refractivity contribution in [1.82, 2.24) is 10.3 Å². The zero-order valence-electron chi connectivity index (χ0n) is 9.49. The molecule has 0 aliphatic heterocycles. The third-order valence-corrected chi connectivity index (χ3v) is 2.73. The lowest BCUT2D eigenvalue weighted by Gasteiger charge is -2.17. The first-order chi connectivity index (χ1) is 7.33. The summed E-state index contributed by atoms with van der Waals surface area (Å²) in [4.78, 5) is 6.67. The summed E-state index contributed by atoms with van der Waals surface area (Å²) < 4.78 is 5.47. The molecule has 0 amide bonds. The van der Waals surface area contributed by atoms with Gasteiger partial charge < -0.3 is 14.6 Å². The minimum atomic E-state index is 0.768. The van der Waals surface area contributed by atoms with Gasteiger partial charge in [-0.1, -0.05) is 0 Å². The van der Waals surface area contributed by atoms with Crippen LogP contribution in [0, 0.1) is 5.92 Å². The molecule has 4 heteroatoms. The minimum Gasteiger partial charge on any atom is -0.432 e. The van der Waals surface area contributed by atoms with E-state index in [9.17, 15) is 0 Å². The van der Waals surface area contributed by atoms with Crippen LogP contribution in [0.25, 0.3) is 0 Å². The number of hydrogen-bond acceptors (Lipinski definition) is 4. The van der Waals surface area contributed by atoms with E-state index in [0.29, 0.717) is 0 Å². The monoisotopic (exact) mass is 209 g/mol. The molecule has 1 aliphatic rings. The Morgan fingerprint density at radius 1 is 1.60 bits per heavy atom. The molecule has 0 bridgehead atoms. The second kappa shape index (κ2) is 4.66. The maximum absolute atomic E-state index is 5.47. The third-order valence-electron chi connectivity index (χ3n) is 2.73. The molecule has 1 heterocycles. The molecule has 84 valence electrons. The Bertz CT molecular complexity index is 307. The van der Waals surface area contributed by atoms with Crippen LogP contribution in [0.2, 0.25) is 0 Å². The average Bonchev–Trinajstić information content (AvgIpc) is 2.95. The highest BCUT2D eigenvalue weighted by Crippen LogP contribution is 2.31. The molecule has 4 nitrogen and oxygen atoms in total. The lowest BCUT2D eigenvalue weighted by atomic mass is 10.4. The number of aromatic nitrogens is 1. The van der Waals surface area contributed by atoms with Crippen LogP contribution in [-0.4, -0.2) is 25.1 Å². The van der Waals surface area contributed by atoms with E-state index in [4.69, 9.17) is 4.42 Å². The Labute approximate surface area is 90.7 Å². The average molecular weight is 209 g/mol. The first-order valence-electron chi connectivity index (χ1n) is 5.67. The first kappa shape index (κ1) is 10.5. The summed E-state index contributed by atoms with van der Waals surface area (Å²) in [6.45, 7) is 4.97. The second-order valence-electron chi connectivity index (χ2n) is 4.13. The van der Waals surface area contributed by atoms with E-state index in [1.54, 1.807) is 6.26 Å². The summed E-state index contributed by atoms with van der Waals surface area (Å²) in [5.41, 5.74) is 0.974. The van der Waals surface area contributed by atoms with Crippen LogP contribution in [-0.2, 0) is 6.54 Å². The smallest absolute Gasteiger partial charge is 0.297 e. The summed E-state index contributed by atoms with van der Waals surface area (Å²) >= 11 is 0. The van der Waals surface area contributed by atoms with E-state index >= 15 is 0 Å². The Balaban J connectivity index is 1.97. The molecule has 1 N–H and O–H groups in total. The van der Waals surface area contributed by atoms with E-state index in [2.05, 4.69) is 22.1 Å². The Kier molecular flexibility index (Phi) is 3.26. The van der Waals surface area contributed by atoms with E-state index in [-0.39, 0.29) is 0 Å². The zero-order chi connectivity index (χ0) is 10.7. The van der Waals surface area contributed by atoms with Crippen molar-refractivity contribution in [2.24, 2.45) is 5.92 Å². The van der Waals surface area contributed by atoms with Crippen molar-refractivity contribution in [3.05, 3.63) is 12.0 Å². The van der Waals surface area contributed by atoms with Gasteiger partial charge in [-0.3, -0.25) is 0 Å². The summed E-state index contributed by atoms with van der Waals surface area (Å²) in [6, 6.07) is 0.773. The Hall–Kier alpha value is -1.03. The molecule has 1 saturated carbocycles. The molecule has 0 saturated heterocycles. The van der Waals surface area contributed by atoms with Gasteiger partial charge >= 0.3 is 0 Å². The lowest BCUT2D eigenvalue weighted by Crippen LogP contribution is -2.25. The topological polar surface area (TPSA) is 41.3 Å². The van der Waals surface area contributed by atoms with Gasteiger partial charge in [0.1, 0.15) is 6.26 Å². The van der Waals surface area contributed by atoms with Crippen LogP contribution in [0.15, 0.2) is 10.7 Å². The molecule has 2 rings (SSSR count). The molecule has 0 radical (unpaired) electrons. The molecule has 1 aliphatic carbocycles. The number of nitrogens with zero attached hydrogens (tertiary/aromatic N) is 2. The predicted molar refractivity (Wildman–Crippen MR) is 59.9 cm³/mol. The highest BCUT2D eigenvalue weighted by molar-refractivity contribution is 5.27. The van der Waals surface area contributed by atoms with Crippen LogP contribution in [0.5, 0.6) is 0 Å². The van der Waals surface area contributed by atoms with Crippen LogP contribution < -0.4 is 10.2 Å². The maximum atomic E-state index is 5.47. The third kappa shape index (κ3) is 2.72. The molecule has 1 aromatic heterocycles. The van der Waals surface area contributed by atoms with E-state index in [1.165, 1.54) is 12.8 Å². The molecule has 0 atom stereocenters. The second-order valence-corrected chi connectivity index (χ2v) is 4.13. The van der Waals surface area contributed by atoms with Gasteiger partial charge in [0.15, 0.2) is 0 Å². The van der Waals surface area contributed by atoms with Crippen molar-refractivity contribution in [3.63, 3.8) is 0 Å². The molecule has 0 aromatic carbocycles. The Morgan fingerprint density at radius 3 is 3.00 bits per heavy atom. The Morgan fingerprint density at radius 2 is 2.40 bits per heavy atom. The van der Waals surface area contributed by atoms with Gasteiger partial charge in [0.2, 0.25) is 0 Å². The molecular formula is C11H19N3O. The summed E-state index contributed by atoms with van der Waals surface area (Å²) in [5.74, 6) is 0.865. The molecular weight excluding hydrogens is 190 g/mol. The molecule has 1 aromatic rings. The summed E-state index contributed by atoms with van der Waals surface area (Å²) in [5, 5.41) is 3.07. The molecule has 1 fully saturated rings. The fourth-order valence-electron chi connectivity index (χ4n) is 1.66. The number of nitrogens with one attached hydrogen (secondary N) is 1. The molecule has 0 spiro atoms. The van der Waals surface area contributed by atoms with Crippen molar-refractivity contribution in [2.75, 3.05) is 25.0 Å². The fraction of sp³-hybridized carbons (Fsp3) is 0.727. The molecule has 0 unspecified atom stereocenters. The van der Waals surface area contributed by atoms with Gasteiger partial charge in [-0.05, 0) is 32.7 Å². The lowest BCUT2D eigenvalue weighted by molar-refractivity contribution is 0.528. The van der Waals surface area contributed by atoms with Crippen LogP contribution >= 0.6 is 0 Å². The fourth-order valence-corrected chi connectivity index (χ4v) is 1.66. The van der Waals surface area contributed by atoms with Gasteiger partial charge in [0, 0.05) is 19.6 Å². The van der Waals surface area contributed by atoms with Gasteiger partial charge in [0.05, 0.1) is 5.69 Å². The number of oxazole rings is 1. The highest BCUT2D eigenvalue weighted by Gasteiger charge is 2.25. The highest BCUT2D eigenvalue weighted by atomic mass is 16.4. The zero-order valence-corrected chi connectivity index (χ0v) is 9.49. The number of rotatable bonds is 6. The predicted octanol–water partition coefficient (Wildman–Crippen LogP) is 1.63. The van der Waals surface area contributed by atoms with Crippen molar-refractivity contribution in [2.45, 2.75) is 26.3 Å². The van der Waals surface area contributed by atoms with Gasteiger partial charge in [0.25, 0.3) is 6.01 Å². The van der Waals surface area contributed by atoms with E-state index in [0.717, 1.165) is 37.3 Å². The van der Waals surface area contributed by atoms with Gasteiger partial charge in [-0.25, -0.2) is 0 Å². The quantitative estimate of drug-likeness (QED) is 0.773. The SMILES string of the molecule is CCN(CC1CC1)c1nc(CNC)co1. The largest absolute Gasteiger partial charge is 0.432 e. The van der Waals surface area contributed by atoms with Crippen molar-refractivity contribution in [1.29, 1.82) is 0 Å². The van der Waals surface area contributed by atoms with Crippen LogP contribution in [0.3, 0.4) is 0 Å². The van der Waals surface area contributed by atoms with Crippen molar-refractivity contribution < 1.29 is 4.42 Å². The number of anilines is 1. The number of hydrogen-bond donors (Lipinski definition) is 1. The summed E-state index contributed by atoms with van der Waals surface area (Å²) in [7, 11) is 1.91. The van der Waals surface area contributed by atoms with Gasteiger partial charge in [-0.2, -0.15) is 4.98 Å². The first-order valence-corrected chi connectivity index (χ1v) is 5.67. The maximum Gasteiger partial charge on any atom is 0.297 e. The minimum absolute atomic E-state index is 0.768. The standard InChI is InChI=1S/C11H19N3O/c1-3-14(7-9-4-5-9)11-13-10(6-12-2)8-15-11/h8-9,12H,3-7H2,1-2H3. The molecule has 15 heavy (non-hydrogen) atoms. The van der Waals surface area contributed by atoms with Gasteiger partial charge in [-0.15, -0.1) is 0 Å². The summed E-state index contributed by atoms with van der Waals surface area (Å²) in [6.07, 6.45) is 4.46. The normalized spacial score (nSPS) is 15.6. The van der Waals surface area contributed by atoms with Crippen molar-refractivity contribution in [3.8, 4) is 0 Å². The van der Waals surface area contributed by atoms with Crippen molar-refractivity contribution >= 4 is 6.01 Å². The van der Waals surface area contributed by atoms with Crippen LogP contribution in [0.1, 0.15) is 25.5 Å². The van der Waals surface area contributed by atoms with E-state index in [1.807, 2.05) is 7.05 Å². The van der Waals surface area contributed by atoms with Crippen LogP contribution in [0.4, 0.5) is 6.01 Å². The van der Waals surface area contributed by atoms with E-state index < -0.39 is 0 Å².